The summed E-state index contributed by atoms with van der Waals surface area (Å²) in [7, 11) is 0. The molecule has 0 radical (unpaired) electrons. The van der Waals surface area contributed by atoms with Crippen molar-refractivity contribution in [3.05, 3.63) is 23.8 Å². The Morgan fingerprint density at radius 1 is 1.18 bits per heavy atom. The number of fused-ring (bicyclic) bond motifs is 1. The molecule has 2 N–H and O–H groups in total. The van der Waals surface area contributed by atoms with Crippen molar-refractivity contribution in [2.45, 2.75) is 18.8 Å². The molecule has 94 valence electrons. The van der Waals surface area contributed by atoms with Gasteiger partial charge in [0, 0.05) is 18.4 Å². The van der Waals surface area contributed by atoms with Crippen LogP contribution >= 0.6 is 0 Å². The Morgan fingerprint density at radius 3 is 2.59 bits per heavy atom. The van der Waals surface area contributed by atoms with Crippen molar-refractivity contribution in [1.82, 2.24) is 0 Å². The van der Waals surface area contributed by atoms with Gasteiger partial charge in [0.25, 0.3) is 5.92 Å². The highest BCUT2D eigenvalue weighted by Crippen LogP contribution is 2.37. The van der Waals surface area contributed by atoms with Gasteiger partial charge in [-0.05, 0) is 24.7 Å². The Bertz CT molecular complexity index is 396. The second-order valence-corrected chi connectivity index (χ2v) is 3.96. The number of halogens is 2. The molecule has 17 heavy (non-hydrogen) atoms. The van der Waals surface area contributed by atoms with Crippen LogP contribution in [0.25, 0.3) is 0 Å². The lowest BCUT2D eigenvalue weighted by Crippen LogP contribution is -2.18. The standard InChI is InChI=1S/C12H15F2NO2/c13-12(14,4-5-15)9-2-3-10-11(8-9)17-7-1-6-16-10/h2-3,8H,1,4-7,15H2. The molecule has 0 bridgehead atoms. The third-order valence-corrected chi connectivity index (χ3v) is 2.63. The summed E-state index contributed by atoms with van der Waals surface area (Å²) in [5.74, 6) is -2.01. The zero-order valence-electron chi connectivity index (χ0n) is 9.42. The summed E-state index contributed by atoms with van der Waals surface area (Å²) < 4.78 is 38.1. The molecule has 0 spiro atoms. The van der Waals surface area contributed by atoms with E-state index in [0.717, 1.165) is 6.42 Å². The summed E-state index contributed by atoms with van der Waals surface area (Å²) >= 11 is 0. The molecular weight excluding hydrogens is 228 g/mol. The fourth-order valence-electron chi connectivity index (χ4n) is 1.72. The van der Waals surface area contributed by atoms with Gasteiger partial charge in [-0.25, -0.2) is 8.78 Å². The van der Waals surface area contributed by atoms with Crippen molar-refractivity contribution in [3.63, 3.8) is 0 Å². The molecule has 5 heteroatoms. The first-order valence-corrected chi connectivity index (χ1v) is 5.61. The molecule has 1 heterocycles. The van der Waals surface area contributed by atoms with Crippen molar-refractivity contribution < 1.29 is 18.3 Å². The van der Waals surface area contributed by atoms with Gasteiger partial charge in [0.15, 0.2) is 11.5 Å². The van der Waals surface area contributed by atoms with Gasteiger partial charge >= 0.3 is 0 Å². The van der Waals surface area contributed by atoms with Crippen LogP contribution in [-0.4, -0.2) is 19.8 Å². The van der Waals surface area contributed by atoms with E-state index in [2.05, 4.69) is 0 Å². The Hall–Kier alpha value is -1.36. The van der Waals surface area contributed by atoms with Crippen molar-refractivity contribution in [2.75, 3.05) is 19.8 Å². The van der Waals surface area contributed by atoms with Gasteiger partial charge < -0.3 is 15.2 Å². The van der Waals surface area contributed by atoms with E-state index in [1.54, 1.807) is 0 Å². The fourth-order valence-corrected chi connectivity index (χ4v) is 1.72. The van der Waals surface area contributed by atoms with Gasteiger partial charge in [0.05, 0.1) is 13.2 Å². The van der Waals surface area contributed by atoms with Gasteiger partial charge in [-0.15, -0.1) is 0 Å². The number of nitrogens with two attached hydrogens (primary N) is 1. The minimum Gasteiger partial charge on any atom is -0.490 e. The van der Waals surface area contributed by atoms with Crippen LogP contribution in [0.5, 0.6) is 11.5 Å². The molecule has 3 nitrogen and oxygen atoms in total. The van der Waals surface area contributed by atoms with Gasteiger partial charge in [0.1, 0.15) is 0 Å². The predicted octanol–water partition coefficient (Wildman–Crippen LogP) is 2.29. The zero-order valence-corrected chi connectivity index (χ0v) is 9.42. The maximum atomic E-state index is 13.7. The number of ether oxygens (including phenoxy) is 2. The van der Waals surface area contributed by atoms with Crippen LogP contribution in [0.4, 0.5) is 8.78 Å². The maximum Gasteiger partial charge on any atom is 0.274 e. The highest BCUT2D eigenvalue weighted by Gasteiger charge is 2.31. The van der Waals surface area contributed by atoms with Crippen LogP contribution in [0.2, 0.25) is 0 Å². The molecule has 1 aromatic carbocycles. The molecule has 0 saturated heterocycles. The maximum absolute atomic E-state index is 13.7. The number of alkyl halides is 2. The fraction of sp³-hybridized carbons (Fsp3) is 0.500. The van der Waals surface area contributed by atoms with Crippen LogP contribution in [0, 0.1) is 0 Å². The smallest absolute Gasteiger partial charge is 0.274 e. The number of hydrogen-bond acceptors (Lipinski definition) is 3. The first-order chi connectivity index (χ1) is 8.13. The Balaban J connectivity index is 2.29. The molecule has 1 aromatic rings. The molecule has 0 unspecified atom stereocenters. The van der Waals surface area contributed by atoms with Crippen LogP contribution < -0.4 is 15.2 Å². The number of benzene rings is 1. The average Bonchev–Trinajstić information content (AvgIpc) is 2.52. The molecule has 0 amide bonds. The normalized spacial score (nSPS) is 15.5. The lowest BCUT2D eigenvalue weighted by molar-refractivity contribution is -0.0109. The average molecular weight is 243 g/mol. The minimum atomic E-state index is -2.92. The van der Waals surface area contributed by atoms with E-state index in [4.69, 9.17) is 15.2 Å². The second kappa shape index (κ2) is 4.87. The quantitative estimate of drug-likeness (QED) is 0.885. The van der Waals surface area contributed by atoms with Gasteiger partial charge in [-0.1, -0.05) is 0 Å². The molecule has 2 rings (SSSR count). The van der Waals surface area contributed by atoms with E-state index in [1.165, 1.54) is 18.2 Å². The third kappa shape index (κ3) is 2.66. The van der Waals surface area contributed by atoms with E-state index in [1.807, 2.05) is 0 Å². The molecule has 0 aromatic heterocycles. The lowest BCUT2D eigenvalue weighted by Gasteiger charge is -2.17. The zero-order chi connectivity index (χ0) is 12.3. The van der Waals surface area contributed by atoms with E-state index >= 15 is 0 Å². The van der Waals surface area contributed by atoms with Gasteiger partial charge in [0.2, 0.25) is 0 Å². The minimum absolute atomic E-state index is 0.0541. The summed E-state index contributed by atoms with van der Waals surface area (Å²) in [6, 6.07) is 4.24. The van der Waals surface area contributed by atoms with Crippen molar-refractivity contribution >= 4 is 0 Å². The van der Waals surface area contributed by atoms with Gasteiger partial charge in [-0.3, -0.25) is 0 Å². The van der Waals surface area contributed by atoms with E-state index in [9.17, 15) is 8.78 Å². The van der Waals surface area contributed by atoms with Crippen molar-refractivity contribution in [3.8, 4) is 11.5 Å². The molecule has 1 aliphatic heterocycles. The van der Waals surface area contributed by atoms with Crippen molar-refractivity contribution in [1.29, 1.82) is 0 Å². The largest absolute Gasteiger partial charge is 0.490 e. The summed E-state index contributed by atoms with van der Waals surface area (Å²) in [5.41, 5.74) is 5.10. The Labute approximate surface area is 98.5 Å². The summed E-state index contributed by atoms with van der Waals surface area (Å²) in [5, 5.41) is 0. The molecule has 0 aliphatic carbocycles. The Morgan fingerprint density at radius 2 is 1.88 bits per heavy atom. The van der Waals surface area contributed by atoms with Crippen molar-refractivity contribution in [2.24, 2.45) is 5.73 Å². The molecule has 0 saturated carbocycles. The van der Waals surface area contributed by atoms with E-state index in [-0.39, 0.29) is 18.5 Å². The Kier molecular flexibility index (Phi) is 3.47. The molecular formula is C12H15F2NO2. The highest BCUT2D eigenvalue weighted by atomic mass is 19.3. The van der Waals surface area contributed by atoms with Crippen LogP contribution in [0.15, 0.2) is 18.2 Å². The topological polar surface area (TPSA) is 44.5 Å². The first kappa shape index (κ1) is 12.1. The monoisotopic (exact) mass is 243 g/mol. The number of hydrogen-bond donors (Lipinski definition) is 1. The second-order valence-electron chi connectivity index (χ2n) is 3.96. The van der Waals surface area contributed by atoms with E-state index in [0.29, 0.717) is 24.7 Å². The summed E-state index contributed by atoms with van der Waals surface area (Å²) in [6.07, 6.45) is 0.385. The highest BCUT2D eigenvalue weighted by molar-refractivity contribution is 5.44. The SMILES string of the molecule is NCCC(F)(F)c1ccc2c(c1)OCCCO2. The molecule has 0 atom stereocenters. The lowest BCUT2D eigenvalue weighted by atomic mass is 10.0. The summed E-state index contributed by atoms with van der Waals surface area (Å²) in [4.78, 5) is 0. The van der Waals surface area contributed by atoms with Crippen LogP contribution in [0.3, 0.4) is 0 Å². The first-order valence-electron chi connectivity index (χ1n) is 5.61. The predicted molar refractivity (Wildman–Crippen MR) is 59.6 cm³/mol. The van der Waals surface area contributed by atoms with E-state index < -0.39 is 5.92 Å². The van der Waals surface area contributed by atoms with Crippen LogP contribution in [-0.2, 0) is 5.92 Å². The van der Waals surface area contributed by atoms with Crippen LogP contribution in [0.1, 0.15) is 18.4 Å². The third-order valence-electron chi connectivity index (χ3n) is 2.63. The van der Waals surface area contributed by atoms with Gasteiger partial charge in [-0.2, -0.15) is 0 Å². The molecule has 0 fully saturated rings. The summed E-state index contributed by atoms with van der Waals surface area (Å²) in [6.45, 7) is 0.978. The molecule has 1 aliphatic rings. The number of rotatable bonds is 3.